The van der Waals surface area contributed by atoms with Crippen molar-refractivity contribution in [2.24, 2.45) is 11.1 Å². The van der Waals surface area contributed by atoms with Crippen LogP contribution in [0.5, 0.6) is 0 Å². The predicted octanol–water partition coefficient (Wildman–Crippen LogP) is 0.178. The maximum absolute atomic E-state index is 12.1. The molecule has 0 aliphatic heterocycles. The number of hydrogen-bond donors (Lipinski definition) is 1. The summed E-state index contributed by atoms with van der Waals surface area (Å²) < 4.78 is 9.81. The van der Waals surface area contributed by atoms with Crippen LogP contribution in [0, 0.1) is 5.41 Å². The van der Waals surface area contributed by atoms with Gasteiger partial charge in [-0.15, -0.1) is 0 Å². The van der Waals surface area contributed by atoms with Crippen molar-refractivity contribution in [1.82, 2.24) is 0 Å². The van der Waals surface area contributed by atoms with Crippen LogP contribution in [0.25, 0.3) is 0 Å². The quantitative estimate of drug-likeness (QED) is 0.438. The molecule has 0 radical (unpaired) electrons. The van der Waals surface area contributed by atoms with E-state index in [2.05, 4.69) is 4.74 Å². The largest absolute Gasteiger partial charge is 0.468 e. The lowest BCUT2D eigenvalue weighted by molar-refractivity contribution is -0.171. The van der Waals surface area contributed by atoms with Gasteiger partial charge >= 0.3 is 11.9 Å². The second-order valence-corrected chi connectivity index (χ2v) is 5.60. The summed E-state index contributed by atoms with van der Waals surface area (Å²) >= 11 is 0. The molecule has 1 aliphatic carbocycles. The van der Waals surface area contributed by atoms with Gasteiger partial charge in [0.15, 0.2) is 5.41 Å². The van der Waals surface area contributed by atoms with Crippen molar-refractivity contribution < 1.29 is 23.9 Å². The van der Waals surface area contributed by atoms with Crippen LogP contribution in [-0.4, -0.2) is 36.5 Å². The van der Waals surface area contributed by atoms with E-state index >= 15 is 0 Å². The summed E-state index contributed by atoms with van der Waals surface area (Å²) in [6.45, 7) is 5.07. The Bertz CT molecular complexity index is 386. The Balaban J connectivity index is 3.00. The van der Waals surface area contributed by atoms with Gasteiger partial charge in [-0.25, -0.2) is 0 Å². The number of carbonyl (C=O) groups is 3. The van der Waals surface area contributed by atoms with Crippen LogP contribution in [0.2, 0.25) is 0 Å². The lowest BCUT2D eigenvalue weighted by Crippen LogP contribution is -2.44. The Kier molecular flexibility index (Phi) is 3.53. The molecule has 0 spiro atoms. The average molecular weight is 257 g/mol. The standard InChI is InChI=1S/C12H19NO5/c1-10(2,3)18-9(16)12(8(15)17-4)7-11(12,13)5-6-14/h6H,5,7,13H2,1-4H3. The monoisotopic (exact) mass is 257 g/mol. The van der Waals surface area contributed by atoms with E-state index < -0.39 is 28.5 Å². The molecule has 0 aromatic carbocycles. The molecule has 18 heavy (non-hydrogen) atoms. The molecule has 1 saturated carbocycles. The van der Waals surface area contributed by atoms with Crippen LogP contribution in [0.15, 0.2) is 0 Å². The fourth-order valence-corrected chi connectivity index (χ4v) is 2.00. The Hall–Kier alpha value is -1.43. The maximum Gasteiger partial charge on any atom is 0.326 e. The summed E-state index contributed by atoms with van der Waals surface area (Å²) in [5.41, 5.74) is 2.43. The van der Waals surface area contributed by atoms with Crippen molar-refractivity contribution in [3.8, 4) is 0 Å². The lowest BCUT2D eigenvalue weighted by atomic mass is 9.97. The van der Waals surface area contributed by atoms with E-state index in [1.807, 2.05) is 0 Å². The molecule has 1 aliphatic rings. The average Bonchev–Trinajstić information content (AvgIpc) is 2.83. The summed E-state index contributed by atoms with van der Waals surface area (Å²) in [6, 6.07) is 0. The molecule has 6 nitrogen and oxygen atoms in total. The van der Waals surface area contributed by atoms with Crippen molar-refractivity contribution in [3.63, 3.8) is 0 Å². The van der Waals surface area contributed by atoms with E-state index in [-0.39, 0.29) is 12.8 Å². The van der Waals surface area contributed by atoms with Gasteiger partial charge in [-0.2, -0.15) is 0 Å². The Morgan fingerprint density at radius 1 is 1.33 bits per heavy atom. The zero-order valence-electron chi connectivity index (χ0n) is 11.1. The van der Waals surface area contributed by atoms with Gasteiger partial charge in [-0.1, -0.05) is 0 Å². The molecule has 1 rings (SSSR count). The highest BCUT2D eigenvalue weighted by atomic mass is 16.6. The van der Waals surface area contributed by atoms with Gasteiger partial charge in [-0.3, -0.25) is 9.59 Å². The lowest BCUT2D eigenvalue weighted by Gasteiger charge is -2.24. The number of hydrogen-bond acceptors (Lipinski definition) is 6. The number of ether oxygens (including phenoxy) is 2. The number of esters is 2. The highest BCUT2D eigenvalue weighted by Crippen LogP contribution is 2.58. The third kappa shape index (κ3) is 2.25. The molecular formula is C12H19NO5. The first-order chi connectivity index (χ1) is 8.13. The van der Waals surface area contributed by atoms with Gasteiger partial charge in [0.05, 0.1) is 12.6 Å². The molecule has 0 amide bonds. The molecule has 2 unspecified atom stereocenters. The minimum Gasteiger partial charge on any atom is -0.468 e. The topological polar surface area (TPSA) is 95.7 Å². The Morgan fingerprint density at radius 3 is 2.28 bits per heavy atom. The molecule has 0 bridgehead atoms. The summed E-state index contributed by atoms with van der Waals surface area (Å²) in [6.07, 6.45) is 0.580. The highest BCUT2D eigenvalue weighted by Gasteiger charge is 2.77. The Morgan fingerprint density at radius 2 is 1.89 bits per heavy atom. The second-order valence-electron chi connectivity index (χ2n) is 5.60. The third-order valence-corrected chi connectivity index (χ3v) is 3.03. The molecule has 102 valence electrons. The number of aldehydes is 1. The Labute approximate surface area is 106 Å². The van der Waals surface area contributed by atoms with Crippen LogP contribution in [0.3, 0.4) is 0 Å². The highest BCUT2D eigenvalue weighted by molar-refractivity contribution is 6.06. The summed E-state index contributed by atoms with van der Waals surface area (Å²) in [5.74, 6) is -1.48. The molecular weight excluding hydrogens is 238 g/mol. The summed E-state index contributed by atoms with van der Waals surface area (Å²) in [7, 11) is 1.17. The zero-order chi connectivity index (χ0) is 14.2. The molecule has 0 heterocycles. The smallest absolute Gasteiger partial charge is 0.326 e. The first kappa shape index (κ1) is 14.6. The van der Waals surface area contributed by atoms with Gasteiger partial charge in [0.1, 0.15) is 11.9 Å². The van der Waals surface area contributed by atoms with E-state index in [1.54, 1.807) is 20.8 Å². The normalized spacial score (nSPS) is 30.5. The molecule has 1 fully saturated rings. The summed E-state index contributed by atoms with van der Waals surface area (Å²) in [5, 5.41) is 0. The SMILES string of the molecule is COC(=O)C1(C(=O)OC(C)(C)C)CC1(N)CC=O. The first-order valence-electron chi connectivity index (χ1n) is 5.67. The maximum atomic E-state index is 12.1. The third-order valence-electron chi connectivity index (χ3n) is 3.03. The van der Waals surface area contributed by atoms with Crippen molar-refractivity contribution in [3.05, 3.63) is 0 Å². The van der Waals surface area contributed by atoms with Crippen molar-refractivity contribution in [1.29, 1.82) is 0 Å². The molecule has 0 saturated heterocycles. The first-order valence-corrected chi connectivity index (χ1v) is 5.67. The van der Waals surface area contributed by atoms with Crippen LogP contribution in [0.1, 0.15) is 33.6 Å². The fourth-order valence-electron chi connectivity index (χ4n) is 2.00. The molecule has 2 atom stereocenters. The van der Waals surface area contributed by atoms with Gasteiger partial charge in [-0.05, 0) is 27.2 Å². The van der Waals surface area contributed by atoms with Crippen LogP contribution in [0.4, 0.5) is 0 Å². The van der Waals surface area contributed by atoms with E-state index in [0.717, 1.165) is 0 Å². The number of carbonyl (C=O) groups excluding carboxylic acids is 3. The second kappa shape index (κ2) is 4.35. The minimum absolute atomic E-state index is 0.0698. The van der Waals surface area contributed by atoms with E-state index in [4.69, 9.17) is 10.5 Å². The van der Waals surface area contributed by atoms with E-state index in [9.17, 15) is 14.4 Å². The van der Waals surface area contributed by atoms with Gasteiger partial charge in [0.25, 0.3) is 0 Å². The van der Waals surface area contributed by atoms with Crippen LogP contribution < -0.4 is 5.73 Å². The molecule has 2 N–H and O–H groups in total. The molecule has 6 heteroatoms. The number of methoxy groups -OCH3 is 1. The summed E-state index contributed by atoms with van der Waals surface area (Å²) in [4.78, 5) is 34.5. The van der Waals surface area contributed by atoms with E-state index in [0.29, 0.717) is 6.29 Å². The van der Waals surface area contributed by atoms with Gasteiger partial charge < -0.3 is 20.0 Å². The van der Waals surface area contributed by atoms with Gasteiger partial charge in [0.2, 0.25) is 0 Å². The van der Waals surface area contributed by atoms with Gasteiger partial charge in [0, 0.05) is 6.42 Å². The van der Waals surface area contributed by atoms with Crippen LogP contribution >= 0.6 is 0 Å². The number of rotatable bonds is 4. The van der Waals surface area contributed by atoms with Crippen molar-refractivity contribution >= 4 is 18.2 Å². The fraction of sp³-hybridized carbons (Fsp3) is 0.750. The van der Waals surface area contributed by atoms with E-state index in [1.165, 1.54) is 7.11 Å². The zero-order valence-corrected chi connectivity index (χ0v) is 11.1. The predicted molar refractivity (Wildman–Crippen MR) is 62.5 cm³/mol. The molecule has 0 aromatic rings. The number of nitrogens with two attached hydrogens (primary N) is 1. The van der Waals surface area contributed by atoms with Crippen LogP contribution in [-0.2, 0) is 23.9 Å². The molecule has 0 aromatic heterocycles. The van der Waals surface area contributed by atoms with Crippen molar-refractivity contribution in [2.45, 2.75) is 44.8 Å². The minimum atomic E-state index is -1.55. The van der Waals surface area contributed by atoms with Crippen molar-refractivity contribution in [2.75, 3.05) is 7.11 Å².